The van der Waals surface area contributed by atoms with Gasteiger partial charge in [-0.1, -0.05) is 12.1 Å². The van der Waals surface area contributed by atoms with Gasteiger partial charge in [0.05, 0.1) is 27.9 Å². The Kier molecular flexibility index (Phi) is 3.66. The Balaban J connectivity index is 2.00. The highest BCUT2D eigenvalue weighted by atomic mass is 19.4. The van der Waals surface area contributed by atoms with Gasteiger partial charge in [-0.15, -0.1) is 0 Å². The molecule has 136 valence electrons. The van der Waals surface area contributed by atoms with Crippen molar-refractivity contribution in [1.82, 2.24) is 9.38 Å². The minimum atomic E-state index is -4.48. The molecule has 0 amide bonds. The lowest BCUT2D eigenvalue weighted by molar-refractivity contribution is -0.137. The second kappa shape index (κ2) is 5.80. The molecule has 0 atom stereocenters. The Morgan fingerprint density at radius 1 is 1.04 bits per heavy atom. The second-order valence-electron chi connectivity index (χ2n) is 5.93. The van der Waals surface area contributed by atoms with Gasteiger partial charge >= 0.3 is 12.1 Å². The quantitative estimate of drug-likeness (QED) is 0.502. The normalized spacial score (nSPS) is 12.0. The first-order valence-corrected chi connectivity index (χ1v) is 7.77. The van der Waals surface area contributed by atoms with Gasteiger partial charge < -0.3 is 9.51 Å². The monoisotopic (exact) mass is 374 g/mol. The number of carbonyl (C=O) groups is 1. The number of fused-ring (bicyclic) bond motifs is 3. The number of halogens is 4. The molecule has 0 aliphatic rings. The molecule has 4 nitrogen and oxygen atoms in total. The highest BCUT2D eigenvalue weighted by Crippen LogP contribution is 2.33. The number of carboxylic acids is 1. The Morgan fingerprint density at radius 3 is 2.37 bits per heavy atom. The first kappa shape index (κ1) is 17.0. The van der Waals surface area contributed by atoms with E-state index in [1.807, 2.05) is 0 Å². The molecule has 0 unspecified atom stereocenters. The van der Waals surface area contributed by atoms with Crippen LogP contribution >= 0.6 is 0 Å². The summed E-state index contributed by atoms with van der Waals surface area (Å²) < 4.78 is 54.2. The molecular formula is C19H10F4N2O2. The number of benzene rings is 2. The lowest BCUT2D eigenvalue weighted by atomic mass is 10.1. The summed E-state index contributed by atoms with van der Waals surface area (Å²) >= 11 is 0. The molecule has 8 heteroatoms. The van der Waals surface area contributed by atoms with Gasteiger partial charge in [-0.05, 0) is 36.4 Å². The Hall–Kier alpha value is -3.42. The van der Waals surface area contributed by atoms with E-state index in [4.69, 9.17) is 5.11 Å². The summed E-state index contributed by atoms with van der Waals surface area (Å²) in [7, 11) is 0. The van der Waals surface area contributed by atoms with Gasteiger partial charge in [-0.25, -0.2) is 14.2 Å². The van der Waals surface area contributed by atoms with Crippen molar-refractivity contribution in [2.45, 2.75) is 6.18 Å². The molecule has 2 aromatic heterocycles. The fraction of sp³-hybridized carbons (Fsp3) is 0.0526. The maximum Gasteiger partial charge on any atom is 0.416 e. The minimum Gasteiger partial charge on any atom is -0.478 e. The lowest BCUT2D eigenvalue weighted by Gasteiger charge is -2.11. The Bertz CT molecular complexity index is 1190. The van der Waals surface area contributed by atoms with E-state index in [0.29, 0.717) is 5.52 Å². The summed E-state index contributed by atoms with van der Waals surface area (Å²) in [6.07, 6.45) is -3.02. The molecule has 0 aliphatic carbocycles. The first-order chi connectivity index (χ1) is 12.8. The number of alkyl halides is 3. The standard InChI is InChI=1S/C19H10F4N2O2/c20-13-7-8-25-15-6-3-11(18(26)27)9-14(15)24-16(17(13)25)10-1-4-12(5-2-10)19(21,22)23/h1-9H,(H,26,27). The summed E-state index contributed by atoms with van der Waals surface area (Å²) in [5.74, 6) is -1.73. The molecule has 2 heterocycles. The highest BCUT2D eigenvalue weighted by Gasteiger charge is 2.30. The largest absolute Gasteiger partial charge is 0.478 e. The maximum atomic E-state index is 14.4. The van der Waals surface area contributed by atoms with Crippen LogP contribution in [0.5, 0.6) is 0 Å². The van der Waals surface area contributed by atoms with E-state index in [0.717, 1.165) is 12.1 Å². The van der Waals surface area contributed by atoms with Gasteiger partial charge in [0.1, 0.15) is 5.52 Å². The number of carboxylic acid groups (broad SMARTS) is 1. The van der Waals surface area contributed by atoms with E-state index in [1.165, 1.54) is 47.0 Å². The molecular weight excluding hydrogens is 364 g/mol. The molecule has 1 N–H and O–H groups in total. The van der Waals surface area contributed by atoms with Crippen molar-refractivity contribution in [3.63, 3.8) is 0 Å². The maximum absolute atomic E-state index is 14.4. The van der Waals surface area contributed by atoms with Gasteiger partial charge in [0.15, 0.2) is 5.82 Å². The van der Waals surface area contributed by atoms with E-state index in [9.17, 15) is 22.4 Å². The third-order valence-electron chi connectivity index (χ3n) is 4.26. The number of aromatic nitrogens is 2. The van der Waals surface area contributed by atoms with Crippen molar-refractivity contribution >= 4 is 22.5 Å². The van der Waals surface area contributed by atoms with Crippen LogP contribution < -0.4 is 0 Å². The lowest BCUT2D eigenvalue weighted by Crippen LogP contribution is -2.04. The van der Waals surface area contributed by atoms with Gasteiger partial charge in [0, 0.05) is 11.8 Å². The molecule has 0 spiro atoms. The number of aromatic carboxylic acids is 1. The van der Waals surface area contributed by atoms with Crippen molar-refractivity contribution in [2.75, 3.05) is 0 Å². The zero-order chi connectivity index (χ0) is 19.3. The summed E-state index contributed by atoms with van der Waals surface area (Å²) in [5, 5.41) is 9.15. The van der Waals surface area contributed by atoms with Crippen LogP contribution in [0.2, 0.25) is 0 Å². The van der Waals surface area contributed by atoms with Gasteiger partial charge in [-0.2, -0.15) is 13.2 Å². The predicted octanol–water partition coefficient (Wildman–Crippen LogP) is 5.01. The zero-order valence-electron chi connectivity index (χ0n) is 13.5. The van der Waals surface area contributed by atoms with Gasteiger partial charge in [0.25, 0.3) is 0 Å². The van der Waals surface area contributed by atoms with Crippen LogP contribution in [0.1, 0.15) is 15.9 Å². The smallest absolute Gasteiger partial charge is 0.416 e. The van der Waals surface area contributed by atoms with Crippen LogP contribution in [0.25, 0.3) is 27.8 Å². The van der Waals surface area contributed by atoms with E-state index < -0.39 is 23.5 Å². The third-order valence-corrected chi connectivity index (χ3v) is 4.26. The average Bonchev–Trinajstić information content (AvgIpc) is 3.02. The van der Waals surface area contributed by atoms with Crippen LogP contribution in [0, 0.1) is 5.82 Å². The predicted molar refractivity (Wildman–Crippen MR) is 90.1 cm³/mol. The topological polar surface area (TPSA) is 54.6 Å². The molecule has 2 aromatic carbocycles. The van der Waals surface area contributed by atoms with Crippen LogP contribution in [0.15, 0.2) is 54.7 Å². The summed E-state index contributed by atoms with van der Waals surface area (Å²) in [6.45, 7) is 0. The number of hydrogen-bond donors (Lipinski definition) is 1. The van der Waals surface area contributed by atoms with E-state index in [2.05, 4.69) is 4.98 Å². The van der Waals surface area contributed by atoms with Crippen molar-refractivity contribution < 1.29 is 27.5 Å². The Labute approximate surface area is 149 Å². The van der Waals surface area contributed by atoms with E-state index >= 15 is 0 Å². The van der Waals surface area contributed by atoms with Crippen molar-refractivity contribution in [3.05, 3.63) is 71.7 Å². The molecule has 4 rings (SSSR count). The molecule has 0 saturated carbocycles. The number of hydrogen-bond acceptors (Lipinski definition) is 2. The molecule has 4 aromatic rings. The number of rotatable bonds is 2. The summed E-state index contributed by atoms with van der Waals surface area (Å²) in [4.78, 5) is 15.5. The van der Waals surface area contributed by atoms with Gasteiger partial charge in [-0.3, -0.25) is 0 Å². The van der Waals surface area contributed by atoms with Crippen LogP contribution in [-0.4, -0.2) is 20.5 Å². The fourth-order valence-corrected chi connectivity index (χ4v) is 2.98. The van der Waals surface area contributed by atoms with Crippen LogP contribution in [0.3, 0.4) is 0 Å². The summed E-state index contributed by atoms with van der Waals surface area (Å²) in [6, 6.07) is 9.65. The van der Waals surface area contributed by atoms with Crippen molar-refractivity contribution in [1.29, 1.82) is 0 Å². The van der Waals surface area contributed by atoms with Crippen molar-refractivity contribution in [2.24, 2.45) is 0 Å². The van der Waals surface area contributed by atoms with Gasteiger partial charge in [0.2, 0.25) is 0 Å². The SMILES string of the molecule is O=C(O)c1ccc2c(c1)nc(-c1ccc(C(F)(F)F)cc1)c1c(F)ccn12. The zero-order valence-corrected chi connectivity index (χ0v) is 13.5. The van der Waals surface area contributed by atoms with E-state index in [1.54, 1.807) is 0 Å². The first-order valence-electron chi connectivity index (χ1n) is 7.77. The molecule has 27 heavy (non-hydrogen) atoms. The average molecular weight is 374 g/mol. The molecule has 0 aliphatic heterocycles. The van der Waals surface area contributed by atoms with E-state index in [-0.39, 0.29) is 27.9 Å². The third kappa shape index (κ3) is 2.79. The minimum absolute atomic E-state index is 0.000322. The molecule has 0 saturated heterocycles. The Morgan fingerprint density at radius 2 is 1.74 bits per heavy atom. The molecule has 0 bridgehead atoms. The fourth-order valence-electron chi connectivity index (χ4n) is 2.98. The summed E-state index contributed by atoms with van der Waals surface area (Å²) in [5.41, 5.74) is 0.453. The number of nitrogens with zero attached hydrogens (tertiary/aromatic N) is 2. The van der Waals surface area contributed by atoms with Crippen LogP contribution in [0.4, 0.5) is 17.6 Å². The second-order valence-corrected chi connectivity index (χ2v) is 5.93. The molecule has 0 fully saturated rings. The van der Waals surface area contributed by atoms with Crippen molar-refractivity contribution in [3.8, 4) is 11.3 Å². The molecule has 0 radical (unpaired) electrons. The van der Waals surface area contributed by atoms with Crippen LogP contribution in [-0.2, 0) is 6.18 Å². The highest BCUT2D eigenvalue weighted by molar-refractivity contribution is 5.94.